The van der Waals surface area contributed by atoms with E-state index in [4.69, 9.17) is 0 Å². The molecule has 6 heteroatoms. The normalized spacial score (nSPS) is 15.1. The molecule has 30 heavy (non-hydrogen) atoms. The van der Waals surface area contributed by atoms with Gasteiger partial charge in [-0.05, 0) is 62.7 Å². The van der Waals surface area contributed by atoms with Crippen molar-refractivity contribution in [2.45, 2.75) is 26.3 Å². The second-order valence-corrected chi connectivity index (χ2v) is 7.97. The summed E-state index contributed by atoms with van der Waals surface area (Å²) in [6.07, 6.45) is 4.26. The van der Waals surface area contributed by atoms with Crippen LogP contribution in [-0.4, -0.2) is 48.0 Å². The minimum absolute atomic E-state index is 0.0897. The number of carbonyl (C=O) groups is 1. The molecule has 2 heterocycles. The molecule has 158 valence electrons. The van der Waals surface area contributed by atoms with Gasteiger partial charge in [0.05, 0.1) is 5.69 Å². The van der Waals surface area contributed by atoms with Crippen molar-refractivity contribution in [3.8, 4) is 0 Å². The molecular formula is C24H27F2N3O. The molecule has 0 atom stereocenters. The fourth-order valence-corrected chi connectivity index (χ4v) is 4.18. The summed E-state index contributed by atoms with van der Waals surface area (Å²) in [5.41, 5.74) is 2.40. The van der Waals surface area contributed by atoms with Crippen molar-refractivity contribution in [1.82, 2.24) is 9.47 Å². The SMILES string of the molecule is CC(=O)c1ccc2c(ccn2CCCCN2CCN(c3ccc(F)cc3F)CC2)c1. The average molecular weight is 411 g/mol. The minimum atomic E-state index is -0.537. The van der Waals surface area contributed by atoms with Crippen molar-refractivity contribution < 1.29 is 13.6 Å². The topological polar surface area (TPSA) is 28.5 Å². The average Bonchev–Trinajstić information content (AvgIpc) is 3.14. The number of carbonyl (C=O) groups excluding carboxylic acids is 1. The lowest BCUT2D eigenvalue weighted by Crippen LogP contribution is -2.46. The fraction of sp³-hybridized carbons (Fsp3) is 0.375. The number of benzene rings is 2. The summed E-state index contributed by atoms with van der Waals surface area (Å²) in [7, 11) is 0. The quantitative estimate of drug-likeness (QED) is 0.416. The van der Waals surface area contributed by atoms with Crippen LogP contribution >= 0.6 is 0 Å². The predicted octanol–water partition coefficient (Wildman–Crippen LogP) is 4.72. The molecular weight excluding hydrogens is 384 g/mol. The van der Waals surface area contributed by atoms with E-state index in [1.165, 1.54) is 12.1 Å². The number of ketones is 1. The minimum Gasteiger partial charge on any atom is -0.367 e. The number of hydrogen-bond donors (Lipinski definition) is 0. The molecule has 2 aromatic carbocycles. The van der Waals surface area contributed by atoms with Gasteiger partial charge in [0, 0.05) is 61.5 Å². The van der Waals surface area contributed by atoms with Gasteiger partial charge >= 0.3 is 0 Å². The summed E-state index contributed by atoms with van der Waals surface area (Å²) in [6, 6.07) is 11.7. The molecule has 3 aromatic rings. The van der Waals surface area contributed by atoms with Crippen molar-refractivity contribution >= 4 is 22.4 Å². The van der Waals surface area contributed by atoms with E-state index in [1.807, 2.05) is 23.1 Å². The van der Waals surface area contributed by atoms with Crippen LogP contribution in [0.3, 0.4) is 0 Å². The van der Waals surface area contributed by atoms with Gasteiger partial charge in [0.15, 0.2) is 5.78 Å². The molecule has 0 spiro atoms. The Bertz CT molecular complexity index is 1040. The van der Waals surface area contributed by atoms with Crippen molar-refractivity contribution in [3.63, 3.8) is 0 Å². The summed E-state index contributed by atoms with van der Waals surface area (Å²) in [4.78, 5) is 15.9. The monoisotopic (exact) mass is 411 g/mol. The molecule has 4 rings (SSSR count). The van der Waals surface area contributed by atoms with E-state index in [2.05, 4.69) is 21.7 Å². The largest absolute Gasteiger partial charge is 0.367 e. The fourth-order valence-electron chi connectivity index (χ4n) is 4.18. The highest BCUT2D eigenvalue weighted by Crippen LogP contribution is 2.22. The smallest absolute Gasteiger partial charge is 0.159 e. The second kappa shape index (κ2) is 8.96. The first-order valence-corrected chi connectivity index (χ1v) is 10.5. The molecule has 0 amide bonds. The van der Waals surface area contributed by atoms with Crippen LogP contribution < -0.4 is 4.90 Å². The van der Waals surface area contributed by atoms with E-state index >= 15 is 0 Å². The molecule has 0 aliphatic carbocycles. The molecule has 0 N–H and O–H groups in total. The van der Waals surface area contributed by atoms with Gasteiger partial charge in [-0.1, -0.05) is 0 Å². The van der Waals surface area contributed by atoms with Gasteiger partial charge in [-0.3, -0.25) is 9.69 Å². The number of aryl methyl sites for hydroxylation is 1. The number of halogens is 2. The van der Waals surface area contributed by atoms with Gasteiger partial charge in [-0.25, -0.2) is 8.78 Å². The molecule has 1 aromatic heterocycles. The zero-order valence-corrected chi connectivity index (χ0v) is 17.3. The van der Waals surface area contributed by atoms with Crippen LogP contribution in [0.2, 0.25) is 0 Å². The van der Waals surface area contributed by atoms with E-state index in [0.717, 1.165) is 74.6 Å². The number of aromatic nitrogens is 1. The van der Waals surface area contributed by atoms with Gasteiger partial charge < -0.3 is 9.47 Å². The number of rotatable bonds is 7. The number of piperazine rings is 1. The highest BCUT2D eigenvalue weighted by molar-refractivity contribution is 5.98. The van der Waals surface area contributed by atoms with Crippen LogP contribution in [0.15, 0.2) is 48.7 Å². The van der Waals surface area contributed by atoms with Gasteiger partial charge in [0.25, 0.3) is 0 Å². The Balaban J connectivity index is 1.23. The van der Waals surface area contributed by atoms with Gasteiger partial charge in [0.1, 0.15) is 11.6 Å². The van der Waals surface area contributed by atoms with Crippen LogP contribution in [0.25, 0.3) is 10.9 Å². The van der Waals surface area contributed by atoms with Gasteiger partial charge in [0.2, 0.25) is 0 Å². The summed E-state index contributed by atoms with van der Waals surface area (Å²) < 4.78 is 29.3. The molecule has 0 unspecified atom stereocenters. The molecule has 4 nitrogen and oxygen atoms in total. The molecule has 1 saturated heterocycles. The first kappa shape index (κ1) is 20.5. The van der Waals surface area contributed by atoms with Crippen LogP contribution in [0.5, 0.6) is 0 Å². The molecule has 0 bridgehead atoms. The Morgan fingerprint density at radius 2 is 1.70 bits per heavy atom. The highest BCUT2D eigenvalue weighted by atomic mass is 19.1. The molecule has 0 saturated carbocycles. The first-order chi connectivity index (χ1) is 14.5. The summed E-state index contributed by atoms with van der Waals surface area (Å²) in [6.45, 7) is 6.84. The number of unbranched alkanes of at least 4 members (excludes halogenated alkanes) is 1. The second-order valence-electron chi connectivity index (χ2n) is 7.97. The number of hydrogen-bond acceptors (Lipinski definition) is 3. The maximum atomic E-state index is 14.0. The van der Waals surface area contributed by atoms with E-state index in [0.29, 0.717) is 5.69 Å². The first-order valence-electron chi connectivity index (χ1n) is 10.5. The third-order valence-corrected chi connectivity index (χ3v) is 5.92. The number of fused-ring (bicyclic) bond motifs is 1. The lowest BCUT2D eigenvalue weighted by atomic mass is 10.1. The lowest BCUT2D eigenvalue weighted by Gasteiger charge is -2.36. The summed E-state index contributed by atoms with van der Waals surface area (Å²) in [5.74, 6) is -0.936. The predicted molar refractivity (Wildman–Crippen MR) is 116 cm³/mol. The van der Waals surface area contributed by atoms with Crippen molar-refractivity contribution in [3.05, 3.63) is 65.9 Å². The maximum Gasteiger partial charge on any atom is 0.159 e. The summed E-state index contributed by atoms with van der Waals surface area (Å²) in [5, 5.41) is 1.10. The number of Topliss-reactive ketones (excluding diaryl/α,β-unsaturated/α-hetero) is 1. The van der Waals surface area contributed by atoms with Crippen LogP contribution in [-0.2, 0) is 6.54 Å². The maximum absolute atomic E-state index is 14.0. The van der Waals surface area contributed by atoms with E-state index in [9.17, 15) is 13.6 Å². The van der Waals surface area contributed by atoms with Gasteiger partial charge in [-0.15, -0.1) is 0 Å². The van der Waals surface area contributed by atoms with Crippen molar-refractivity contribution in [2.75, 3.05) is 37.6 Å². The Morgan fingerprint density at radius 3 is 2.43 bits per heavy atom. The highest BCUT2D eigenvalue weighted by Gasteiger charge is 2.19. The van der Waals surface area contributed by atoms with E-state index in [1.54, 1.807) is 6.92 Å². The third-order valence-electron chi connectivity index (χ3n) is 5.92. The zero-order chi connectivity index (χ0) is 21.1. The van der Waals surface area contributed by atoms with Crippen LogP contribution in [0, 0.1) is 11.6 Å². The molecule has 1 fully saturated rings. The van der Waals surface area contributed by atoms with Gasteiger partial charge in [-0.2, -0.15) is 0 Å². The lowest BCUT2D eigenvalue weighted by molar-refractivity contribution is 0.101. The third kappa shape index (κ3) is 4.54. The van der Waals surface area contributed by atoms with Crippen LogP contribution in [0.1, 0.15) is 30.1 Å². The van der Waals surface area contributed by atoms with E-state index in [-0.39, 0.29) is 5.78 Å². The number of nitrogens with zero attached hydrogens (tertiary/aromatic N) is 3. The molecule has 0 radical (unpaired) electrons. The number of anilines is 1. The van der Waals surface area contributed by atoms with Crippen molar-refractivity contribution in [1.29, 1.82) is 0 Å². The Labute approximate surface area is 175 Å². The Kier molecular flexibility index (Phi) is 6.13. The molecule has 1 aliphatic rings. The Morgan fingerprint density at radius 1 is 0.933 bits per heavy atom. The zero-order valence-electron chi connectivity index (χ0n) is 17.3. The summed E-state index contributed by atoms with van der Waals surface area (Å²) >= 11 is 0. The van der Waals surface area contributed by atoms with E-state index < -0.39 is 11.6 Å². The van der Waals surface area contributed by atoms with Crippen molar-refractivity contribution in [2.24, 2.45) is 0 Å². The Hall–Kier alpha value is -2.73. The molecule has 1 aliphatic heterocycles. The van der Waals surface area contributed by atoms with Crippen LogP contribution in [0.4, 0.5) is 14.5 Å². The standard InChI is InChI=1S/C24H27F2N3O/c1-18(30)19-4-6-23-20(16-19)8-11-28(23)10-3-2-9-27-12-14-29(15-13-27)24-7-5-21(25)17-22(24)26/h4-8,11,16-17H,2-3,9-10,12-15H2,1H3.